The molecule has 168 valence electrons. The van der Waals surface area contributed by atoms with Crippen molar-refractivity contribution in [3.05, 3.63) is 48.0 Å². The molecule has 1 unspecified atom stereocenters. The van der Waals surface area contributed by atoms with Gasteiger partial charge in [-0.3, -0.25) is 0 Å². The van der Waals surface area contributed by atoms with Crippen LogP contribution in [0.2, 0.25) is 0 Å². The van der Waals surface area contributed by atoms with Crippen LogP contribution in [0, 0.1) is 11.2 Å². The van der Waals surface area contributed by atoms with Gasteiger partial charge in [-0.05, 0) is 68.8 Å². The smallest absolute Gasteiger partial charge is 0.141 e. The van der Waals surface area contributed by atoms with Crippen LogP contribution in [0.4, 0.5) is 27.3 Å². The van der Waals surface area contributed by atoms with Crippen molar-refractivity contribution < 1.29 is 4.39 Å². The molecule has 0 aliphatic carbocycles. The van der Waals surface area contributed by atoms with Crippen LogP contribution in [-0.2, 0) is 4.43 Å². The third-order valence-corrected chi connectivity index (χ3v) is 7.69. The van der Waals surface area contributed by atoms with E-state index in [0.29, 0.717) is 21.2 Å². The summed E-state index contributed by atoms with van der Waals surface area (Å²) in [5, 5.41) is 4.19. The van der Waals surface area contributed by atoms with E-state index >= 15 is 0 Å². The first-order valence-electron chi connectivity index (χ1n) is 11.1. The zero-order valence-corrected chi connectivity index (χ0v) is 20.4. The molecule has 2 saturated heterocycles. The summed E-state index contributed by atoms with van der Waals surface area (Å²) in [6.45, 7) is 4.39. The van der Waals surface area contributed by atoms with E-state index in [1.165, 1.54) is 31.9 Å². The summed E-state index contributed by atoms with van der Waals surface area (Å²) in [6.07, 6.45) is 5.29. The fourth-order valence-electron chi connectivity index (χ4n) is 5.28. The predicted molar refractivity (Wildman–Crippen MR) is 137 cm³/mol. The van der Waals surface area contributed by atoms with Crippen LogP contribution in [-0.4, -0.2) is 48.1 Å². The maximum Gasteiger partial charge on any atom is 0.141 e. The Bertz CT molecular complexity index is 1150. The molecule has 0 bridgehead atoms. The Morgan fingerprint density at radius 2 is 2.03 bits per heavy atom. The van der Waals surface area contributed by atoms with Crippen molar-refractivity contribution in [2.75, 3.05) is 49.2 Å². The highest BCUT2D eigenvalue weighted by Crippen LogP contribution is 2.42. The van der Waals surface area contributed by atoms with Crippen molar-refractivity contribution in [1.82, 2.24) is 14.9 Å². The Hall–Kier alpha value is -2.20. The summed E-state index contributed by atoms with van der Waals surface area (Å²) in [4.78, 5) is 13.8. The van der Waals surface area contributed by atoms with E-state index < -0.39 is 0 Å². The van der Waals surface area contributed by atoms with Crippen LogP contribution in [0.5, 0.6) is 0 Å². The zero-order chi connectivity index (χ0) is 22.3. The van der Waals surface area contributed by atoms with Gasteiger partial charge in [-0.2, -0.15) is 0 Å². The van der Waals surface area contributed by atoms with E-state index in [1.54, 1.807) is 12.4 Å². The predicted octanol–water partition coefficient (Wildman–Crippen LogP) is 4.95. The molecular formula is C24H28FIN6. The molecule has 2 aromatic carbocycles. The Morgan fingerprint density at radius 1 is 1.16 bits per heavy atom. The largest absolute Gasteiger partial charge is 0.397 e. The molecule has 3 aromatic rings. The SMILES string of the molecule is CN1CCC2(CCCN(c3cc4ncnc(Nc5ccc(F)c(CI)c5)c4cc3N)C2)C1. The highest BCUT2D eigenvalue weighted by atomic mass is 127. The van der Waals surface area contributed by atoms with Crippen molar-refractivity contribution in [3.63, 3.8) is 0 Å². The number of piperidine rings is 1. The first-order chi connectivity index (χ1) is 15.5. The van der Waals surface area contributed by atoms with Gasteiger partial charge in [-0.1, -0.05) is 22.6 Å². The maximum atomic E-state index is 13.9. The number of hydrogen-bond donors (Lipinski definition) is 2. The van der Waals surface area contributed by atoms with E-state index in [9.17, 15) is 4.39 Å². The van der Waals surface area contributed by atoms with Gasteiger partial charge >= 0.3 is 0 Å². The maximum absolute atomic E-state index is 13.9. The van der Waals surface area contributed by atoms with Crippen molar-refractivity contribution in [1.29, 1.82) is 0 Å². The molecule has 0 radical (unpaired) electrons. The van der Waals surface area contributed by atoms with Gasteiger partial charge in [0.05, 0.1) is 16.9 Å². The molecule has 5 rings (SSSR count). The topological polar surface area (TPSA) is 70.3 Å². The molecule has 6 nitrogen and oxygen atoms in total. The van der Waals surface area contributed by atoms with Crippen LogP contribution in [0.3, 0.4) is 0 Å². The van der Waals surface area contributed by atoms with Gasteiger partial charge in [0, 0.05) is 40.6 Å². The van der Waals surface area contributed by atoms with Gasteiger partial charge in [0.1, 0.15) is 18.0 Å². The van der Waals surface area contributed by atoms with Crippen LogP contribution >= 0.6 is 22.6 Å². The third kappa shape index (κ3) is 4.10. The Morgan fingerprint density at radius 3 is 2.81 bits per heavy atom. The van der Waals surface area contributed by atoms with Gasteiger partial charge in [-0.25, -0.2) is 14.4 Å². The number of nitrogens with zero attached hydrogens (tertiary/aromatic N) is 4. The quantitative estimate of drug-likeness (QED) is 0.274. The number of nitrogen functional groups attached to an aromatic ring is 1. The van der Waals surface area contributed by atoms with Gasteiger partial charge in [0.15, 0.2) is 0 Å². The molecule has 3 heterocycles. The number of fused-ring (bicyclic) bond motifs is 1. The van der Waals surface area contributed by atoms with Crippen molar-refractivity contribution in [2.24, 2.45) is 5.41 Å². The lowest BCUT2D eigenvalue weighted by Gasteiger charge is -2.42. The molecule has 1 aromatic heterocycles. The van der Waals surface area contributed by atoms with Crippen LogP contribution in [0.1, 0.15) is 24.8 Å². The van der Waals surface area contributed by atoms with E-state index in [4.69, 9.17) is 5.73 Å². The Labute approximate surface area is 201 Å². The highest BCUT2D eigenvalue weighted by Gasteiger charge is 2.40. The number of alkyl halides is 1. The molecule has 32 heavy (non-hydrogen) atoms. The summed E-state index contributed by atoms with van der Waals surface area (Å²) < 4.78 is 14.5. The monoisotopic (exact) mass is 546 g/mol. The van der Waals surface area contributed by atoms with Gasteiger partial charge < -0.3 is 20.9 Å². The molecule has 3 N–H and O–H groups in total. The number of halogens is 2. The van der Waals surface area contributed by atoms with E-state index in [1.807, 2.05) is 12.1 Å². The molecule has 1 atom stereocenters. The van der Waals surface area contributed by atoms with E-state index in [0.717, 1.165) is 47.6 Å². The number of benzene rings is 2. The summed E-state index contributed by atoms with van der Waals surface area (Å²) in [6, 6.07) is 9.09. The Balaban J connectivity index is 1.46. The summed E-state index contributed by atoms with van der Waals surface area (Å²) in [5.41, 5.74) is 11.0. The minimum atomic E-state index is -0.195. The summed E-state index contributed by atoms with van der Waals surface area (Å²) >= 11 is 2.17. The number of rotatable bonds is 4. The van der Waals surface area contributed by atoms with Crippen LogP contribution in [0.15, 0.2) is 36.7 Å². The number of nitrogens with one attached hydrogen (secondary N) is 1. The molecule has 2 aliphatic heterocycles. The molecule has 8 heteroatoms. The average molecular weight is 546 g/mol. The van der Waals surface area contributed by atoms with Gasteiger partial charge in [-0.15, -0.1) is 0 Å². The third-order valence-electron chi connectivity index (χ3n) is 6.87. The van der Waals surface area contributed by atoms with Crippen LogP contribution in [0.25, 0.3) is 10.9 Å². The average Bonchev–Trinajstić information content (AvgIpc) is 3.14. The van der Waals surface area contributed by atoms with Gasteiger partial charge in [0.2, 0.25) is 0 Å². The summed E-state index contributed by atoms with van der Waals surface area (Å²) in [7, 11) is 2.22. The number of aromatic nitrogens is 2. The van der Waals surface area contributed by atoms with E-state index in [-0.39, 0.29) is 5.82 Å². The minimum Gasteiger partial charge on any atom is -0.397 e. The summed E-state index contributed by atoms with van der Waals surface area (Å²) in [5.74, 6) is 0.478. The molecular weight excluding hydrogens is 518 g/mol. The molecule has 1 spiro atoms. The van der Waals surface area contributed by atoms with Crippen molar-refractivity contribution >= 4 is 56.4 Å². The lowest BCUT2D eigenvalue weighted by atomic mass is 9.79. The molecule has 2 aliphatic rings. The number of nitrogens with two attached hydrogens (primary N) is 1. The minimum absolute atomic E-state index is 0.195. The van der Waals surface area contributed by atoms with Crippen molar-refractivity contribution in [3.8, 4) is 0 Å². The van der Waals surface area contributed by atoms with Crippen LogP contribution < -0.4 is 16.0 Å². The van der Waals surface area contributed by atoms with E-state index in [2.05, 4.69) is 60.8 Å². The van der Waals surface area contributed by atoms with Crippen molar-refractivity contribution in [2.45, 2.75) is 23.7 Å². The van der Waals surface area contributed by atoms with Gasteiger partial charge in [0.25, 0.3) is 0 Å². The first-order valence-corrected chi connectivity index (χ1v) is 12.6. The molecule has 0 saturated carbocycles. The second kappa shape index (κ2) is 8.62. The Kier molecular flexibility index (Phi) is 5.83. The first kappa shape index (κ1) is 21.6. The lowest BCUT2D eigenvalue weighted by molar-refractivity contribution is 0.234. The molecule has 0 amide bonds. The second-order valence-corrected chi connectivity index (χ2v) is 9.99. The molecule has 2 fully saturated rings. The standard InChI is InChI=1S/C24H28FIN6/c1-31-8-6-24(13-31)5-2-7-32(14-24)22-11-21-18(10-20(22)27)23(29-15-28-21)30-17-3-4-19(25)16(9-17)12-26/h3-4,9-11,15H,2,5-8,12-14,27H2,1H3,(H,28,29,30). The number of likely N-dealkylation sites (tertiary alicyclic amines) is 1. The highest BCUT2D eigenvalue weighted by molar-refractivity contribution is 14.1. The number of anilines is 4. The fourth-order valence-corrected chi connectivity index (χ4v) is 5.86. The normalized spacial score (nSPS) is 21.5. The lowest BCUT2D eigenvalue weighted by Crippen LogP contribution is -2.44. The number of hydrogen-bond acceptors (Lipinski definition) is 6. The zero-order valence-electron chi connectivity index (χ0n) is 18.2. The second-order valence-electron chi connectivity index (χ2n) is 9.23. The fraction of sp³-hybridized carbons (Fsp3) is 0.417.